The molecule has 9 nitrogen and oxygen atoms in total. The number of rotatable bonds is 7. The predicted molar refractivity (Wildman–Crippen MR) is 142 cm³/mol. The van der Waals surface area contributed by atoms with Crippen molar-refractivity contribution in [1.82, 2.24) is 14.3 Å². The predicted octanol–water partition coefficient (Wildman–Crippen LogP) is 4.47. The Balaban J connectivity index is 1.31. The molecule has 1 atom stereocenters. The summed E-state index contributed by atoms with van der Waals surface area (Å²) in [5, 5.41) is 1.65. The lowest BCUT2D eigenvalue weighted by atomic mass is 10.2. The summed E-state index contributed by atoms with van der Waals surface area (Å²) in [4.78, 5) is 36.2. The largest absolute Gasteiger partial charge is 0.436 e. The third-order valence-corrected chi connectivity index (χ3v) is 9.48. The molecule has 6 rings (SSSR count). The molecule has 0 N–H and O–H groups in total. The van der Waals surface area contributed by atoms with Crippen LogP contribution in [0.2, 0.25) is 0 Å². The summed E-state index contributed by atoms with van der Waals surface area (Å²) in [7, 11) is -4.05. The molecule has 1 aliphatic rings. The van der Waals surface area contributed by atoms with E-state index in [1.54, 1.807) is 60.2 Å². The van der Waals surface area contributed by atoms with E-state index >= 15 is 0 Å². The van der Waals surface area contributed by atoms with E-state index in [0.29, 0.717) is 28.3 Å². The first-order chi connectivity index (χ1) is 18.4. The van der Waals surface area contributed by atoms with E-state index in [9.17, 15) is 18.0 Å². The van der Waals surface area contributed by atoms with Gasteiger partial charge < -0.3 is 4.42 Å². The van der Waals surface area contributed by atoms with Crippen molar-refractivity contribution in [1.29, 1.82) is 0 Å². The number of thiophene rings is 1. The Morgan fingerprint density at radius 1 is 1.00 bits per heavy atom. The van der Waals surface area contributed by atoms with E-state index in [-0.39, 0.29) is 17.2 Å². The number of pyridine rings is 1. The molecule has 2 amide bonds. The third kappa shape index (κ3) is 4.30. The van der Waals surface area contributed by atoms with E-state index in [2.05, 4.69) is 9.97 Å². The number of sulfonamides is 1. The van der Waals surface area contributed by atoms with Gasteiger partial charge in [-0.3, -0.25) is 14.6 Å². The molecule has 1 unspecified atom stereocenters. The molecule has 0 spiro atoms. The first kappa shape index (κ1) is 24.2. The van der Waals surface area contributed by atoms with Gasteiger partial charge in [0, 0.05) is 24.5 Å². The second-order valence-electron chi connectivity index (χ2n) is 8.66. The van der Waals surface area contributed by atoms with Gasteiger partial charge >= 0.3 is 0 Å². The summed E-state index contributed by atoms with van der Waals surface area (Å²) in [6.45, 7) is -0.0950. The second kappa shape index (κ2) is 9.60. The first-order valence-corrected chi connectivity index (χ1v) is 14.0. The Morgan fingerprint density at radius 2 is 1.82 bits per heavy atom. The molecule has 0 aliphatic carbocycles. The van der Waals surface area contributed by atoms with Crippen LogP contribution in [0.25, 0.3) is 22.6 Å². The van der Waals surface area contributed by atoms with Gasteiger partial charge in [0.05, 0.1) is 12.1 Å². The smallest absolute Gasteiger partial charge is 0.253 e. The molecular formula is C27H20N4O5S2. The summed E-state index contributed by atoms with van der Waals surface area (Å²) < 4.78 is 34.1. The average Bonchev–Trinajstić information content (AvgIpc) is 3.68. The number of oxazole rings is 1. The maximum Gasteiger partial charge on any atom is 0.253 e. The van der Waals surface area contributed by atoms with E-state index < -0.39 is 27.9 Å². The van der Waals surface area contributed by atoms with Crippen LogP contribution >= 0.6 is 11.3 Å². The van der Waals surface area contributed by atoms with Crippen LogP contribution in [0.1, 0.15) is 12.0 Å². The van der Waals surface area contributed by atoms with Crippen LogP contribution in [0.15, 0.2) is 99.2 Å². The van der Waals surface area contributed by atoms with Gasteiger partial charge in [0.15, 0.2) is 5.58 Å². The molecule has 2 aromatic carbocycles. The van der Waals surface area contributed by atoms with Gasteiger partial charge in [-0.15, -0.1) is 11.3 Å². The molecule has 1 saturated heterocycles. The summed E-state index contributed by atoms with van der Waals surface area (Å²) in [6, 6.07) is 19.4. The number of hydrogen-bond donors (Lipinski definition) is 0. The molecule has 0 bridgehead atoms. The second-order valence-corrected chi connectivity index (χ2v) is 11.7. The van der Waals surface area contributed by atoms with Gasteiger partial charge in [0.25, 0.3) is 15.9 Å². The number of para-hydroxylation sites is 2. The summed E-state index contributed by atoms with van der Waals surface area (Å²) >= 11 is 1.06. The number of hydrogen-bond acceptors (Lipinski definition) is 8. The summed E-state index contributed by atoms with van der Waals surface area (Å²) in [5.41, 5.74) is 3.00. The zero-order chi connectivity index (χ0) is 26.3. The van der Waals surface area contributed by atoms with Crippen LogP contribution in [0, 0.1) is 0 Å². The van der Waals surface area contributed by atoms with Crippen LogP contribution in [0.4, 0.5) is 5.69 Å². The highest BCUT2D eigenvalue weighted by molar-refractivity contribution is 7.91. The number of benzene rings is 2. The van der Waals surface area contributed by atoms with Crippen LogP contribution in [0.5, 0.6) is 0 Å². The van der Waals surface area contributed by atoms with Crippen molar-refractivity contribution in [2.75, 3.05) is 4.90 Å². The lowest BCUT2D eigenvalue weighted by Crippen LogP contribution is -2.44. The number of aromatic nitrogens is 2. The molecule has 38 heavy (non-hydrogen) atoms. The van der Waals surface area contributed by atoms with Crippen molar-refractivity contribution in [3.05, 3.63) is 96.1 Å². The first-order valence-electron chi connectivity index (χ1n) is 11.7. The number of anilines is 1. The Morgan fingerprint density at radius 3 is 2.53 bits per heavy atom. The quantitative estimate of drug-likeness (QED) is 0.278. The molecule has 190 valence electrons. The molecule has 1 aliphatic heterocycles. The Bertz CT molecular complexity index is 1700. The van der Waals surface area contributed by atoms with Crippen LogP contribution in [-0.2, 0) is 26.2 Å². The number of amides is 2. The van der Waals surface area contributed by atoms with Gasteiger partial charge in [0.2, 0.25) is 11.8 Å². The third-order valence-electron chi connectivity index (χ3n) is 6.26. The van der Waals surface area contributed by atoms with Gasteiger partial charge in [-0.1, -0.05) is 24.3 Å². The topological polar surface area (TPSA) is 114 Å². The molecule has 1 fully saturated rings. The monoisotopic (exact) mass is 544 g/mol. The highest BCUT2D eigenvalue weighted by atomic mass is 32.2. The lowest BCUT2D eigenvalue weighted by Gasteiger charge is -2.26. The van der Waals surface area contributed by atoms with Crippen LogP contribution in [-0.4, -0.2) is 40.5 Å². The summed E-state index contributed by atoms with van der Waals surface area (Å²) in [5.74, 6) is -0.666. The van der Waals surface area contributed by atoms with E-state index in [4.69, 9.17) is 4.42 Å². The molecule has 5 aromatic rings. The highest BCUT2D eigenvalue weighted by Crippen LogP contribution is 2.33. The Labute approximate surface area is 222 Å². The minimum absolute atomic E-state index is 0.0950. The highest BCUT2D eigenvalue weighted by Gasteiger charge is 2.47. The molecule has 4 heterocycles. The molecule has 0 saturated carbocycles. The van der Waals surface area contributed by atoms with Gasteiger partial charge in [-0.2, -0.15) is 4.31 Å². The number of carbonyl (C=O) groups excluding carboxylic acids is 2. The van der Waals surface area contributed by atoms with Crippen molar-refractivity contribution >= 4 is 50.0 Å². The zero-order valence-corrected chi connectivity index (χ0v) is 21.4. The molecule has 3 aromatic heterocycles. The number of carbonyl (C=O) groups is 2. The Hall–Kier alpha value is -4.19. The van der Waals surface area contributed by atoms with E-state index in [1.165, 1.54) is 6.07 Å². The molecule has 0 radical (unpaired) electrons. The van der Waals surface area contributed by atoms with Crippen LogP contribution in [0.3, 0.4) is 0 Å². The van der Waals surface area contributed by atoms with Gasteiger partial charge in [-0.25, -0.2) is 18.3 Å². The minimum Gasteiger partial charge on any atom is -0.436 e. The van der Waals surface area contributed by atoms with Crippen molar-refractivity contribution in [2.45, 2.75) is 23.2 Å². The van der Waals surface area contributed by atoms with Crippen molar-refractivity contribution < 1.29 is 22.4 Å². The minimum atomic E-state index is -4.05. The van der Waals surface area contributed by atoms with Gasteiger partial charge in [-0.05, 0) is 59.5 Å². The Kier molecular flexibility index (Phi) is 6.10. The van der Waals surface area contributed by atoms with Gasteiger partial charge in [0.1, 0.15) is 15.8 Å². The fraction of sp³-hybridized carbons (Fsp3) is 0.111. The van der Waals surface area contributed by atoms with Crippen molar-refractivity contribution in [3.8, 4) is 11.5 Å². The number of imide groups is 1. The maximum absolute atomic E-state index is 13.6. The lowest BCUT2D eigenvalue weighted by molar-refractivity contribution is -0.122. The molecular weight excluding hydrogens is 524 g/mol. The number of fused-ring (bicyclic) bond motifs is 1. The van der Waals surface area contributed by atoms with Crippen molar-refractivity contribution in [3.63, 3.8) is 0 Å². The zero-order valence-electron chi connectivity index (χ0n) is 19.8. The standard InChI is InChI=1S/C27H20N4O5S2/c32-24-15-22(30(17-18-5-3-13-28-16-18)38(34,35)25-8-4-14-37-25)27(33)31(24)20-11-9-19(10-12-20)26-29-21-6-1-2-7-23(21)36-26/h1-14,16,22H,15,17H2. The van der Waals surface area contributed by atoms with E-state index in [0.717, 1.165) is 26.1 Å². The maximum atomic E-state index is 13.6. The fourth-order valence-corrected chi connectivity index (χ4v) is 7.11. The van der Waals surface area contributed by atoms with Crippen molar-refractivity contribution in [2.24, 2.45) is 0 Å². The SMILES string of the molecule is O=C1CC(N(Cc2cccnc2)S(=O)(=O)c2cccs2)C(=O)N1c1ccc(-c2nc3ccccc3o2)cc1. The average molecular weight is 545 g/mol. The fourth-order valence-electron chi connectivity index (χ4n) is 4.42. The molecule has 11 heteroatoms. The normalized spacial score (nSPS) is 16.1. The number of nitrogens with zero attached hydrogens (tertiary/aromatic N) is 4. The van der Waals surface area contributed by atoms with E-state index in [1.807, 2.05) is 24.3 Å². The van der Waals surface area contributed by atoms with Crippen LogP contribution < -0.4 is 4.90 Å². The summed E-state index contributed by atoms with van der Waals surface area (Å²) in [6.07, 6.45) is 2.86.